The molecule has 1 aliphatic heterocycles. The van der Waals surface area contributed by atoms with E-state index in [2.05, 4.69) is 25.3 Å². The van der Waals surface area contributed by atoms with Crippen molar-refractivity contribution < 1.29 is 18.0 Å². The van der Waals surface area contributed by atoms with Crippen molar-refractivity contribution in [2.75, 3.05) is 11.1 Å². The molecule has 13 heteroatoms. The Balaban J connectivity index is 1.42. The number of nitrogens with one attached hydrogen (secondary N) is 2. The van der Waals surface area contributed by atoms with Gasteiger partial charge in [-0.25, -0.2) is 19.9 Å². The molecule has 0 saturated heterocycles. The molecular weight excluding hydrogens is 513 g/mol. The second kappa shape index (κ2) is 8.89. The summed E-state index contributed by atoms with van der Waals surface area (Å²) in [5, 5.41) is 2.65. The van der Waals surface area contributed by atoms with E-state index in [0.717, 1.165) is 36.7 Å². The number of nitrogen functional groups attached to an aromatic ring is 1. The highest BCUT2D eigenvalue weighted by atomic mass is 19.4. The number of aromatic nitrogens is 6. The number of nitrogens with zero attached hydrogens (tertiary/aromatic N) is 5. The molecule has 0 aromatic carbocycles. The van der Waals surface area contributed by atoms with E-state index in [-0.39, 0.29) is 28.7 Å². The minimum Gasteiger partial charge on any atom is -0.383 e. The molecule has 1 fully saturated rings. The van der Waals surface area contributed by atoms with Gasteiger partial charge in [0.1, 0.15) is 28.3 Å². The molecule has 5 heterocycles. The number of aromatic amines is 1. The maximum Gasteiger partial charge on any atom is 0.421 e. The van der Waals surface area contributed by atoms with Gasteiger partial charge in [-0.2, -0.15) is 13.2 Å². The zero-order valence-corrected chi connectivity index (χ0v) is 21.0. The highest BCUT2D eigenvalue weighted by molar-refractivity contribution is 6.08. The monoisotopic (exact) mass is 538 g/mol. The highest BCUT2D eigenvalue weighted by Gasteiger charge is 2.49. The number of hydrogen-bond acceptors (Lipinski definition) is 7. The predicted molar refractivity (Wildman–Crippen MR) is 136 cm³/mol. The first kappa shape index (κ1) is 25.0. The Morgan fingerprint density at radius 1 is 1.15 bits per heavy atom. The lowest BCUT2D eigenvalue weighted by atomic mass is 9.80. The van der Waals surface area contributed by atoms with Crippen molar-refractivity contribution in [3.05, 3.63) is 63.6 Å². The Labute approximate surface area is 219 Å². The van der Waals surface area contributed by atoms with E-state index in [1.165, 1.54) is 26.2 Å². The fraction of sp³-hybridized carbons (Fsp3) is 0.385. The molecule has 2 aliphatic rings. The molecule has 1 aliphatic carbocycles. The van der Waals surface area contributed by atoms with Gasteiger partial charge in [0.25, 0.3) is 0 Å². The second-order valence-corrected chi connectivity index (χ2v) is 10.3. The zero-order valence-electron chi connectivity index (χ0n) is 21.0. The van der Waals surface area contributed by atoms with Crippen LogP contribution in [0.4, 0.5) is 24.8 Å². The lowest BCUT2D eigenvalue weighted by Gasteiger charge is -2.23. The summed E-state index contributed by atoms with van der Waals surface area (Å²) < 4.78 is 41.2. The van der Waals surface area contributed by atoms with Crippen molar-refractivity contribution in [3.8, 4) is 11.5 Å². The van der Waals surface area contributed by atoms with Crippen molar-refractivity contribution >= 4 is 23.2 Å². The van der Waals surface area contributed by atoms with Crippen LogP contribution in [0.25, 0.3) is 17.2 Å². The van der Waals surface area contributed by atoms with Crippen LogP contribution >= 0.6 is 0 Å². The van der Waals surface area contributed by atoms with E-state index in [0.29, 0.717) is 17.8 Å². The molecule has 4 aromatic heterocycles. The summed E-state index contributed by atoms with van der Waals surface area (Å²) in [5.41, 5.74) is 4.21. The van der Waals surface area contributed by atoms with Gasteiger partial charge in [-0.3, -0.25) is 9.59 Å². The molecule has 1 saturated carbocycles. The van der Waals surface area contributed by atoms with Crippen LogP contribution in [0.3, 0.4) is 0 Å². The number of carbonyl (C=O) groups is 1. The molecule has 0 radical (unpaired) electrons. The molecule has 1 amide bonds. The summed E-state index contributed by atoms with van der Waals surface area (Å²) >= 11 is 0. The van der Waals surface area contributed by atoms with Crippen LogP contribution < -0.4 is 16.5 Å². The van der Waals surface area contributed by atoms with Crippen LogP contribution in [0, 0.1) is 5.92 Å². The van der Waals surface area contributed by atoms with Crippen molar-refractivity contribution in [2.24, 2.45) is 5.92 Å². The SMILES string of the molecule is C[C@@]1(c2cc(=O)c(C(F)(F)F)c[nH]2)C(=O)Nc2nc(-c3cn4ccnc4c(CC4CCCCC4)n3)nc(N)c21. The number of alkyl halides is 3. The number of amides is 1. The molecule has 10 nitrogen and oxygen atoms in total. The molecule has 0 bridgehead atoms. The fourth-order valence-corrected chi connectivity index (χ4v) is 5.67. The summed E-state index contributed by atoms with van der Waals surface area (Å²) in [6.45, 7) is 1.45. The topological polar surface area (TPSA) is 144 Å². The lowest BCUT2D eigenvalue weighted by molar-refractivity contribution is -0.138. The first-order valence-electron chi connectivity index (χ1n) is 12.7. The number of hydrogen-bond donors (Lipinski definition) is 3. The standard InChI is InChI=1S/C26H25F3N8O2/c1-25(18-10-17(38)14(11-32-18)26(27,28)29)19-20(30)34-21(35-22(19)36-24(25)39)16-12-37-8-7-31-23(37)15(33-16)9-13-5-3-2-4-6-13/h7-8,10-13H,2-6,9H2,1H3,(H,32,38)(H3,30,34,35,36,39)/t25-/m0/s1. The quantitative estimate of drug-likeness (QED) is 0.358. The Hall–Kier alpha value is -4.29. The van der Waals surface area contributed by atoms with Crippen LogP contribution in [0.1, 0.15) is 61.5 Å². The van der Waals surface area contributed by atoms with Gasteiger partial charge in [-0.15, -0.1) is 0 Å². The van der Waals surface area contributed by atoms with E-state index < -0.39 is 28.5 Å². The number of anilines is 2. The molecule has 4 aromatic rings. The van der Waals surface area contributed by atoms with Gasteiger partial charge in [0.05, 0.1) is 11.3 Å². The molecular formula is C26H25F3N8O2. The molecule has 4 N–H and O–H groups in total. The Morgan fingerprint density at radius 2 is 1.92 bits per heavy atom. The Kier molecular flexibility index (Phi) is 5.70. The van der Waals surface area contributed by atoms with Crippen molar-refractivity contribution in [2.45, 2.75) is 57.0 Å². The van der Waals surface area contributed by atoms with Gasteiger partial charge in [0.2, 0.25) is 5.91 Å². The fourth-order valence-electron chi connectivity index (χ4n) is 5.67. The van der Waals surface area contributed by atoms with Crippen LogP contribution in [-0.4, -0.2) is 35.2 Å². The van der Waals surface area contributed by atoms with E-state index in [1.54, 1.807) is 18.6 Å². The number of nitrogens with two attached hydrogens (primary N) is 1. The summed E-state index contributed by atoms with van der Waals surface area (Å²) in [4.78, 5) is 46.1. The smallest absolute Gasteiger partial charge is 0.383 e. The van der Waals surface area contributed by atoms with E-state index >= 15 is 0 Å². The second-order valence-electron chi connectivity index (χ2n) is 10.3. The molecule has 39 heavy (non-hydrogen) atoms. The normalized spacial score (nSPS) is 19.8. The van der Waals surface area contributed by atoms with Gasteiger partial charge in [0, 0.05) is 36.5 Å². The van der Waals surface area contributed by atoms with Crippen LogP contribution in [0.5, 0.6) is 0 Å². The minimum absolute atomic E-state index is 0.0574. The molecule has 0 unspecified atom stereocenters. The third kappa shape index (κ3) is 4.12. The molecule has 0 spiro atoms. The van der Waals surface area contributed by atoms with Crippen molar-refractivity contribution in [1.82, 2.24) is 29.3 Å². The summed E-state index contributed by atoms with van der Waals surface area (Å²) in [6.07, 6.45) is 7.63. The van der Waals surface area contributed by atoms with Gasteiger partial charge in [-0.1, -0.05) is 32.1 Å². The van der Waals surface area contributed by atoms with Crippen LogP contribution in [0.15, 0.2) is 35.6 Å². The van der Waals surface area contributed by atoms with Crippen LogP contribution in [-0.2, 0) is 22.8 Å². The van der Waals surface area contributed by atoms with Gasteiger partial charge in [-0.05, 0) is 19.3 Å². The van der Waals surface area contributed by atoms with Gasteiger partial charge in [0.15, 0.2) is 16.9 Å². The summed E-state index contributed by atoms with van der Waals surface area (Å²) in [7, 11) is 0. The number of rotatable bonds is 4. The number of H-pyrrole nitrogens is 1. The van der Waals surface area contributed by atoms with Crippen LogP contribution in [0.2, 0.25) is 0 Å². The van der Waals surface area contributed by atoms with E-state index in [4.69, 9.17) is 10.7 Å². The first-order valence-corrected chi connectivity index (χ1v) is 12.7. The highest BCUT2D eigenvalue weighted by Crippen LogP contribution is 2.44. The van der Waals surface area contributed by atoms with E-state index in [9.17, 15) is 22.8 Å². The van der Waals surface area contributed by atoms with Gasteiger partial charge < -0.3 is 20.4 Å². The number of carbonyl (C=O) groups excluding carboxylic acids is 1. The predicted octanol–water partition coefficient (Wildman–Crippen LogP) is 3.86. The minimum atomic E-state index is -4.83. The molecule has 202 valence electrons. The largest absolute Gasteiger partial charge is 0.421 e. The number of fused-ring (bicyclic) bond motifs is 2. The third-order valence-corrected chi connectivity index (χ3v) is 7.76. The Bertz CT molecular complexity index is 1670. The number of halogens is 3. The first-order chi connectivity index (χ1) is 18.6. The van der Waals surface area contributed by atoms with E-state index in [1.807, 2.05) is 4.40 Å². The Morgan fingerprint density at radius 3 is 2.64 bits per heavy atom. The zero-order chi connectivity index (χ0) is 27.5. The van der Waals surface area contributed by atoms with Gasteiger partial charge >= 0.3 is 6.18 Å². The third-order valence-electron chi connectivity index (χ3n) is 7.76. The molecule has 6 rings (SSSR count). The van der Waals surface area contributed by atoms with Crippen molar-refractivity contribution in [1.29, 1.82) is 0 Å². The maximum atomic E-state index is 13.2. The molecule has 1 atom stereocenters. The van der Waals surface area contributed by atoms with Crippen molar-refractivity contribution in [3.63, 3.8) is 0 Å². The maximum absolute atomic E-state index is 13.2. The number of imidazole rings is 1. The summed E-state index contributed by atoms with van der Waals surface area (Å²) in [6, 6.07) is 0.761. The average molecular weight is 539 g/mol. The summed E-state index contributed by atoms with van der Waals surface area (Å²) in [5.74, 6) is 0.128. The lowest BCUT2D eigenvalue weighted by Crippen LogP contribution is -2.35. The average Bonchev–Trinajstić information content (AvgIpc) is 3.47. The number of pyridine rings is 1.